The zero-order chi connectivity index (χ0) is 18.5. The van der Waals surface area contributed by atoms with Crippen molar-refractivity contribution in [3.8, 4) is 11.8 Å². The molecule has 24 heavy (non-hydrogen) atoms. The Bertz CT molecular complexity index is 652. The number of nitrogens with two attached hydrogens (primary N) is 1. The van der Waals surface area contributed by atoms with Gasteiger partial charge < -0.3 is 11.1 Å². The average molecular weight is 336 g/mol. The monoisotopic (exact) mass is 336 g/mol. The molecule has 0 saturated heterocycles. The topological polar surface area (TPSA) is 72.2 Å². The molecule has 0 spiro atoms. The van der Waals surface area contributed by atoms with E-state index in [-0.39, 0.29) is 11.0 Å². The average Bonchev–Trinajstić information content (AvgIpc) is 2.49. The quantitative estimate of drug-likeness (QED) is 0.811. The van der Waals surface area contributed by atoms with E-state index in [4.69, 9.17) is 5.73 Å². The summed E-state index contributed by atoms with van der Waals surface area (Å²) in [6.07, 6.45) is -2.77. The number of hydrogen-bond donors (Lipinski definition) is 2. The highest BCUT2D eigenvalue weighted by molar-refractivity contribution is 5.97. The molecule has 1 aromatic rings. The molecule has 0 aliphatic rings. The molecular weight excluding hydrogens is 314 g/mol. The summed E-state index contributed by atoms with van der Waals surface area (Å²) in [6.45, 7) is 7.10. The van der Waals surface area contributed by atoms with E-state index < -0.39 is 30.2 Å². The van der Waals surface area contributed by atoms with Crippen molar-refractivity contribution in [2.24, 2.45) is 17.1 Å². The molecule has 0 heterocycles. The molecule has 0 aromatic heterocycles. The lowest BCUT2D eigenvalue weighted by Crippen LogP contribution is -2.50. The Balaban J connectivity index is 2.87. The van der Waals surface area contributed by atoms with Gasteiger partial charge in [-0.15, -0.1) is 0 Å². The summed E-state index contributed by atoms with van der Waals surface area (Å²) in [6, 6.07) is 4.92. The van der Waals surface area contributed by atoms with Crippen LogP contribution < -0.4 is 11.1 Å². The number of amides is 2. The van der Waals surface area contributed by atoms with Gasteiger partial charge >= 0.3 is 0 Å². The molecule has 2 unspecified atom stereocenters. The van der Waals surface area contributed by atoms with Gasteiger partial charge in [0.25, 0.3) is 5.91 Å². The van der Waals surface area contributed by atoms with Gasteiger partial charge in [0.1, 0.15) is 6.04 Å². The minimum atomic E-state index is -2.77. The van der Waals surface area contributed by atoms with Crippen LogP contribution in [0.4, 0.5) is 8.78 Å². The van der Waals surface area contributed by atoms with E-state index in [2.05, 4.69) is 17.2 Å². The molecule has 0 fully saturated rings. The molecule has 6 heteroatoms. The largest absolute Gasteiger partial charge is 0.368 e. The fourth-order valence-electron chi connectivity index (χ4n) is 1.80. The Kier molecular flexibility index (Phi) is 6.47. The highest BCUT2D eigenvalue weighted by Gasteiger charge is 2.31. The van der Waals surface area contributed by atoms with Crippen LogP contribution in [0.2, 0.25) is 0 Å². The second kappa shape index (κ2) is 7.91. The van der Waals surface area contributed by atoms with Crippen molar-refractivity contribution in [1.29, 1.82) is 0 Å². The van der Waals surface area contributed by atoms with Crippen LogP contribution in [0.5, 0.6) is 0 Å². The van der Waals surface area contributed by atoms with Crippen LogP contribution in [-0.2, 0) is 4.79 Å². The molecule has 2 atom stereocenters. The van der Waals surface area contributed by atoms with Gasteiger partial charge in [-0.25, -0.2) is 8.78 Å². The number of carbonyl (C=O) groups is 2. The molecular formula is C18H22F2N2O2. The predicted molar refractivity (Wildman–Crippen MR) is 88.4 cm³/mol. The maximum atomic E-state index is 12.8. The van der Waals surface area contributed by atoms with Crippen LogP contribution in [0.1, 0.15) is 43.6 Å². The van der Waals surface area contributed by atoms with Gasteiger partial charge in [0, 0.05) is 22.5 Å². The standard InChI is InChI=1S/C18H22F2N2O2/c1-11(15(19)20)14(16(21)23)22-17(24)13-7-5-12(6-8-13)9-10-18(2,3)4/h5-8,11,14-15H,1-4H3,(H2,21,23)(H,22,24). The smallest absolute Gasteiger partial charge is 0.251 e. The van der Waals surface area contributed by atoms with Crippen LogP contribution in [-0.4, -0.2) is 24.3 Å². The first-order chi connectivity index (χ1) is 11.0. The predicted octanol–water partition coefficient (Wildman–Crippen LogP) is 2.57. The van der Waals surface area contributed by atoms with E-state index >= 15 is 0 Å². The normalized spacial score (nSPS) is 13.6. The molecule has 0 aliphatic carbocycles. The van der Waals surface area contributed by atoms with Gasteiger partial charge in [-0.3, -0.25) is 9.59 Å². The molecule has 130 valence electrons. The molecule has 3 N–H and O–H groups in total. The van der Waals surface area contributed by atoms with Crippen molar-refractivity contribution in [3.05, 3.63) is 35.4 Å². The Morgan fingerprint density at radius 1 is 1.17 bits per heavy atom. The molecule has 4 nitrogen and oxygen atoms in total. The lowest BCUT2D eigenvalue weighted by atomic mass is 9.97. The van der Waals surface area contributed by atoms with E-state index in [1.807, 2.05) is 20.8 Å². The summed E-state index contributed by atoms with van der Waals surface area (Å²) < 4.78 is 25.5. The number of carbonyl (C=O) groups excluding carboxylic acids is 2. The lowest BCUT2D eigenvalue weighted by Gasteiger charge is -2.21. The van der Waals surface area contributed by atoms with Gasteiger partial charge in [-0.1, -0.05) is 18.8 Å². The van der Waals surface area contributed by atoms with Crippen LogP contribution in [0.15, 0.2) is 24.3 Å². The first kappa shape index (κ1) is 19.6. The minimum absolute atomic E-state index is 0.143. The van der Waals surface area contributed by atoms with Crippen molar-refractivity contribution < 1.29 is 18.4 Å². The van der Waals surface area contributed by atoms with E-state index in [1.165, 1.54) is 12.1 Å². The maximum Gasteiger partial charge on any atom is 0.251 e. The highest BCUT2D eigenvalue weighted by Crippen LogP contribution is 2.15. The second-order valence-corrected chi connectivity index (χ2v) is 6.62. The van der Waals surface area contributed by atoms with Crippen molar-refractivity contribution in [1.82, 2.24) is 5.32 Å². The Hall–Kier alpha value is -2.42. The SMILES string of the molecule is CC(C(F)F)C(NC(=O)c1ccc(C#CC(C)(C)C)cc1)C(N)=O. The molecule has 0 radical (unpaired) electrons. The number of halogens is 2. The van der Waals surface area contributed by atoms with Crippen LogP contribution in [0.3, 0.4) is 0 Å². The zero-order valence-electron chi connectivity index (χ0n) is 14.2. The maximum absolute atomic E-state index is 12.8. The minimum Gasteiger partial charge on any atom is -0.368 e. The first-order valence-corrected chi connectivity index (χ1v) is 7.53. The molecule has 2 amide bonds. The molecule has 0 bridgehead atoms. The van der Waals surface area contributed by atoms with E-state index in [0.717, 1.165) is 12.5 Å². The van der Waals surface area contributed by atoms with Crippen molar-refractivity contribution in [2.75, 3.05) is 0 Å². The fourth-order valence-corrected chi connectivity index (χ4v) is 1.80. The van der Waals surface area contributed by atoms with Crippen LogP contribution in [0.25, 0.3) is 0 Å². The van der Waals surface area contributed by atoms with E-state index in [0.29, 0.717) is 0 Å². The third kappa shape index (κ3) is 5.99. The summed E-state index contributed by atoms with van der Waals surface area (Å²) in [7, 11) is 0. The third-order valence-corrected chi connectivity index (χ3v) is 3.25. The van der Waals surface area contributed by atoms with Gasteiger partial charge in [-0.05, 0) is 45.0 Å². The number of benzene rings is 1. The van der Waals surface area contributed by atoms with Gasteiger partial charge in [0.15, 0.2) is 0 Å². The zero-order valence-corrected chi connectivity index (χ0v) is 14.2. The summed E-state index contributed by atoms with van der Waals surface area (Å²) in [5.74, 6) is 3.05. The Labute approximate surface area is 140 Å². The molecule has 0 saturated carbocycles. The lowest BCUT2D eigenvalue weighted by molar-refractivity contribution is -0.122. The first-order valence-electron chi connectivity index (χ1n) is 7.53. The molecule has 1 aromatic carbocycles. The van der Waals surface area contributed by atoms with Crippen LogP contribution in [0, 0.1) is 23.2 Å². The highest BCUT2D eigenvalue weighted by atomic mass is 19.3. The molecule has 0 aliphatic heterocycles. The molecule has 1 rings (SSSR count). The van der Waals surface area contributed by atoms with Gasteiger partial charge in [0.05, 0.1) is 0 Å². The summed E-state index contributed by atoms with van der Waals surface area (Å²) in [5, 5.41) is 2.26. The second-order valence-electron chi connectivity index (χ2n) is 6.62. The van der Waals surface area contributed by atoms with Gasteiger partial charge in [0.2, 0.25) is 12.3 Å². The number of alkyl halides is 2. The van der Waals surface area contributed by atoms with E-state index in [9.17, 15) is 18.4 Å². The van der Waals surface area contributed by atoms with E-state index in [1.54, 1.807) is 12.1 Å². The number of hydrogen-bond acceptors (Lipinski definition) is 2. The van der Waals surface area contributed by atoms with Crippen LogP contribution >= 0.6 is 0 Å². The van der Waals surface area contributed by atoms with Gasteiger partial charge in [-0.2, -0.15) is 0 Å². The number of rotatable bonds is 5. The summed E-state index contributed by atoms with van der Waals surface area (Å²) in [4.78, 5) is 23.4. The fraction of sp³-hybridized carbons (Fsp3) is 0.444. The van der Waals surface area contributed by atoms with Crippen molar-refractivity contribution >= 4 is 11.8 Å². The number of primary amides is 1. The van der Waals surface area contributed by atoms with Crippen molar-refractivity contribution in [3.63, 3.8) is 0 Å². The Morgan fingerprint density at radius 3 is 2.12 bits per heavy atom. The summed E-state index contributed by atoms with van der Waals surface area (Å²) >= 11 is 0. The Morgan fingerprint density at radius 2 is 1.71 bits per heavy atom. The summed E-state index contributed by atoms with van der Waals surface area (Å²) in [5.41, 5.74) is 5.93. The van der Waals surface area contributed by atoms with Crippen molar-refractivity contribution in [2.45, 2.75) is 40.2 Å². The number of nitrogens with one attached hydrogen (secondary N) is 1. The third-order valence-electron chi connectivity index (χ3n) is 3.25.